The van der Waals surface area contributed by atoms with E-state index in [2.05, 4.69) is 29.1 Å². The number of fused-ring (bicyclic) bond motifs is 1. The Morgan fingerprint density at radius 2 is 2.00 bits per heavy atom. The highest BCUT2D eigenvalue weighted by Gasteiger charge is 2.36. The maximum atomic E-state index is 12.3. The lowest BCUT2D eigenvalue weighted by atomic mass is 9.90. The van der Waals surface area contributed by atoms with Crippen molar-refractivity contribution in [2.24, 2.45) is 10.4 Å². The zero-order chi connectivity index (χ0) is 18.7. The van der Waals surface area contributed by atoms with Crippen LogP contribution in [0.4, 0.5) is 4.79 Å². The van der Waals surface area contributed by atoms with E-state index in [1.807, 2.05) is 20.8 Å². The molecule has 0 radical (unpaired) electrons. The van der Waals surface area contributed by atoms with Crippen molar-refractivity contribution in [2.45, 2.75) is 52.7 Å². The fourth-order valence-electron chi connectivity index (χ4n) is 3.01. The zero-order valence-electron chi connectivity index (χ0n) is 16.6. The Morgan fingerprint density at radius 1 is 1.28 bits per heavy atom. The highest BCUT2D eigenvalue weighted by atomic mass is 16.6. The molecule has 1 atom stereocenters. The standard InChI is InChI=1S/C18H34N4O3/c1-17(2,3)25-16(23)21-8-9-22-14(12-21)11-19-15(22)20-13-18(4,5)7-10-24-6/h14H,7-13H2,1-6H3,(H,19,20). The Labute approximate surface area is 151 Å². The third kappa shape index (κ3) is 5.76. The van der Waals surface area contributed by atoms with Gasteiger partial charge >= 0.3 is 6.09 Å². The number of piperazine rings is 1. The first-order valence-electron chi connectivity index (χ1n) is 9.13. The van der Waals surface area contributed by atoms with Gasteiger partial charge in [-0.25, -0.2) is 4.79 Å². The first-order valence-corrected chi connectivity index (χ1v) is 9.13. The van der Waals surface area contributed by atoms with Gasteiger partial charge < -0.3 is 24.6 Å². The first-order chi connectivity index (χ1) is 11.6. The Morgan fingerprint density at radius 3 is 2.64 bits per heavy atom. The van der Waals surface area contributed by atoms with Gasteiger partial charge in [-0.2, -0.15) is 0 Å². The molecular formula is C18H34N4O3. The number of carbonyl (C=O) groups excluding carboxylic acids is 1. The minimum atomic E-state index is -0.457. The fraction of sp³-hybridized carbons (Fsp3) is 0.889. The van der Waals surface area contributed by atoms with E-state index in [1.54, 1.807) is 12.0 Å². The lowest BCUT2D eigenvalue weighted by molar-refractivity contribution is 0.0137. The van der Waals surface area contributed by atoms with Gasteiger partial charge in [-0.1, -0.05) is 13.8 Å². The van der Waals surface area contributed by atoms with Crippen LogP contribution in [0.5, 0.6) is 0 Å². The molecule has 7 nitrogen and oxygen atoms in total. The van der Waals surface area contributed by atoms with Gasteiger partial charge in [0.05, 0.1) is 12.6 Å². The van der Waals surface area contributed by atoms with Gasteiger partial charge in [0, 0.05) is 39.9 Å². The molecule has 0 bridgehead atoms. The van der Waals surface area contributed by atoms with E-state index in [9.17, 15) is 4.79 Å². The predicted octanol–water partition coefficient (Wildman–Crippen LogP) is 1.93. The third-order valence-corrected chi connectivity index (χ3v) is 4.57. The van der Waals surface area contributed by atoms with Gasteiger partial charge in [-0.15, -0.1) is 0 Å². The minimum absolute atomic E-state index is 0.148. The molecule has 0 aromatic rings. The van der Waals surface area contributed by atoms with Crippen LogP contribution in [0.1, 0.15) is 41.0 Å². The zero-order valence-corrected chi connectivity index (χ0v) is 16.6. The van der Waals surface area contributed by atoms with E-state index in [4.69, 9.17) is 9.47 Å². The average Bonchev–Trinajstić information content (AvgIpc) is 2.92. The van der Waals surface area contributed by atoms with Crippen LogP contribution in [0.25, 0.3) is 0 Å². The van der Waals surface area contributed by atoms with E-state index in [-0.39, 0.29) is 17.6 Å². The number of amides is 1. The second kappa shape index (κ2) is 7.81. The number of guanidine groups is 1. The van der Waals surface area contributed by atoms with Crippen molar-refractivity contribution in [3.05, 3.63) is 0 Å². The summed E-state index contributed by atoms with van der Waals surface area (Å²) < 4.78 is 10.7. The van der Waals surface area contributed by atoms with E-state index >= 15 is 0 Å². The van der Waals surface area contributed by atoms with Crippen LogP contribution in [0.3, 0.4) is 0 Å². The van der Waals surface area contributed by atoms with E-state index in [0.717, 1.165) is 38.6 Å². The Bertz CT molecular complexity index is 499. The van der Waals surface area contributed by atoms with Crippen molar-refractivity contribution in [1.82, 2.24) is 15.1 Å². The number of nitrogens with zero attached hydrogens (tertiary/aromatic N) is 3. The summed E-state index contributed by atoms with van der Waals surface area (Å²) in [6.45, 7) is 14.6. The Balaban J connectivity index is 1.83. The summed E-state index contributed by atoms with van der Waals surface area (Å²) in [5, 5.41) is 3.50. The van der Waals surface area contributed by atoms with Crippen LogP contribution in [0.15, 0.2) is 4.99 Å². The molecule has 1 N–H and O–H groups in total. The molecule has 1 fully saturated rings. The number of carbonyl (C=O) groups is 1. The average molecular weight is 354 g/mol. The molecule has 7 heteroatoms. The lowest BCUT2D eigenvalue weighted by Crippen LogP contribution is -2.58. The smallest absolute Gasteiger partial charge is 0.410 e. The van der Waals surface area contributed by atoms with Crippen LogP contribution < -0.4 is 5.32 Å². The molecule has 2 rings (SSSR count). The summed E-state index contributed by atoms with van der Waals surface area (Å²) in [4.78, 5) is 21.0. The summed E-state index contributed by atoms with van der Waals surface area (Å²) >= 11 is 0. The fourth-order valence-corrected chi connectivity index (χ4v) is 3.01. The molecular weight excluding hydrogens is 320 g/mol. The highest BCUT2D eigenvalue weighted by Crippen LogP contribution is 2.21. The second-order valence-electron chi connectivity index (χ2n) is 8.70. The van der Waals surface area contributed by atoms with Gasteiger partial charge in [0.2, 0.25) is 0 Å². The van der Waals surface area contributed by atoms with Gasteiger partial charge in [-0.3, -0.25) is 4.99 Å². The maximum absolute atomic E-state index is 12.3. The molecule has 2 heterocycles. The monoisotopic (exact) mass is 354 g/mol. The van der Waals surface area contributed by atoms with Crippen LogP contribution >= 0.6 is 0 Å². The van der Waals surface area contributed by atoms with Gasteiger partial charge in [0.25, 0.3) is 0 Å². The topological polar surface area (TPSA) is 66.4 Å². The van der Waals surface area contributed by atoms with Crippen molar-refractivity contribution in [2.75, 3.05) is 46.4 Å². The summed E-state index contributed by atoms with van der Waals surface area (Å²) in [6, 6.07) is 0.242. The van der Waals surface area contributed by atoms with Crippen LogP contribution in [0, 0.1) is 5.41 Å². The number of methoxy groups -OCH3 is 1. The Hall–Kier alpha value is -1.50. The quantitative estimate of drug-likeness (QED) is 0.817. The maximum Gasteiger partial charge on any atom is 0.410 e. The summed E-state index contributed by atoms with van der Waals surface area (Å²) in [5.74, 6) is 0.958. The van der Waals surface area contributed by atoms with Crippen molar-refractivity contribution in [3.63, 3.8) is 0 Å². The van der Waals surface area contributed by atoms with Gasteiger partial charge in [-0.05, 0) is 32.6 Å². The molecule has 2 aliphatic rings. The number of ether oxygens (including phenoxy) is 2. The molecule has 1 unspecified atom stereocenters. The SMILES string of the molecule is COCCC(C)(C)CNC1=NCC2CN(C(=O)OC(C)(C)C)CCN12. The predicted molar refractivity (Wildman–Crippen MR) is 98.9 cm³/mol. The van der Waals surface area contributed by atoms with Crippen LogP contribution in [0.2, 0.25) is 0 Å². The van der Waals surface area contributed by atoms with Crippen molar-refractivity contribution < 1.29 is 14.3 Å². The van der Waals surface area contributed by atoms with Crippen LogP contribution in [-0.4, -0.2) is 79.9 Å². The number of aliphatic imine (C=N–C) groups is 1. The lowest BCUT2D eigenvalue weighted by Gasteiger charge is -2.39. The normalized spacial score (nSPS) is 21.0. The number of rotatable bonds is 5. The van der Waals surface area contributed by atoms with Crippen molar-refractivity contribution in [3.8, 4) is 0 Å². The highest BCUT2D eigenvalue weighted by molar-refractivity contribution is 5.82. The third-order valence-electron chi connectivity index (χ3n) is 4.57. The molecule has 0 aromatic carbocycles. The first kappa shape index (κ1) is 19.8. The molecule has 0 aliphatic carbocycles. The van der Waals surface area contributed by atoms with Gasteiger partial charge in [0.1, 0.15) is 5.60 Å². The number of nitrogens with one attached hydrogen (secondary N) is 1. The minimum Gasteiger partial charge on any atom is -0.444 e. The molecule has 1 amide bonds. The molecule has 2 aliphatic heterocycles. The largest absolute Gasteiger partial charge is 0.444 e. The second-order valence-corrected chi connectivity index (χ2v) is 8.70. The molecule has 25 heavy (non-hydrogen) atoms. The van der Waals surface area contributed by atoms with Crippen LogP contribution in [-0.2, 0) is 9.47 Å². The Kier molecular flexibility index (Phi) is 6.19. The van der Waals surface area contributed by atoms with Crippen molar-refractivity contribution >= 4 is 12.1 Å². The van der Waals surface area contributed by atoms with Crippen molar-refractivity contribution in [1.29, 1.82) is 0 Å². The number of hydrogen-bond donors (Lipinski definition) is 1. The summed E-state index contributed by atoms with van der Waals surface area (Å²) in [6.07, 6.45) is 0.772. The van der Waals surface area contributed by atoms with E-state index < -0.39 is 5.60 Å². The molecule has 0 saturated carbocycles. The molecule has 0 aromatic heterocycles. The molecule has 1 saturated heterocycles. The molecule has 0 spiro atoms. The van der Waals surface area contributed by atoms with E-state index in [1.165, 1.54) is 0 Å². The van der Waals surface area contributed by atoms with Gasteiger partial charge in [0.15, 0.2) is 5.96 Å². The summed E-state index contributed by atoms with van der Waals surface area (Å²) in [7, 11) is 1.74. The summed E-state index contributed by atoms with van der Waals surface area (Å²) in [5.41, 5.74) is -0.310. The number of hydrogen-bond acceptors (Lipinski definition) is 6. The molecule has 144 valence electrons. The van der Waals surface area contributed by atoms with E-state index in [0.29, 0.717) is 13.1 Å².